The van der Waals surface area contributed by atoms with Gasteiger partial charge in [-0.05, 0) is 37.3 Å². The molecule has 1 aromatic carbocycles. The highest BCUT2D eigenvalue weighted by atomic mass is 79.9. The lowest BCUT2D eigenvalue weighted by Crippen LogP contribution is -2.15. The van der Waals surface area contributed by atoms with Gasteiger partial charge in [0, 0.05) is 14.9 Å². The number of rotatable bonds is 4. The van der Waals surface area contributed by atoms with Gasteiger partial charge in [0.1, 0.15) is 22.4 Å². The molecule has 2 aromatic rings. The van der Waals surface area contributed by atoms with E-state index in [9.17, 15) is 20.0 Å². The van der Waals surface area contributed by atoms with Crippen LogP contribution in [-0.4, -0.2) is 24.1 Å². The zero-order chi connectivity index (χ0) is 18.6. The predicted octanol–water partition coefficient (Wildman–Crippen LogP) is 3.86. The number of methoxy groups -OCH3 is 1. The van der Waals surface area contributed by atoms with Gasteiger partial charge >= 0.3 is 5.97 Å². The number of aryl methyl sites for hydroxylation is 1. The van der Waals surface area contributed by atoms with E-state index in [1.165, 1.54) is 30.6 Å². The molecule has 0 bridgehead atoms. The van der Waals surface area contributed by atoms with Gasteiger partial charge in [-0.25, -0.2) is 4.79 Å². The molecular formula is C17H13BrN2O4S. The summed E-state index contributed by atoms with van der Waals surface area (Å²) in [6, 6.07) is 8.06. The number of amides is 1. The van der Waals surface area contributed by atoms with Crippen LogP contribution in [0.1, 0.15) is 20.8 Å². The van der Waals surface area contributed by atoms with Gasteiger partial charge < -0.3 is 15.2 Å². The fourth-order valence-corrected chi connectivity index (χ4v) is 3.26. The van der Waals surface area contributed by atoms with Crippen molar-refractivity contribution in [1.29, 1.82) is 5.26 Å². The van der Waals surface area contributed by atoms with E-state index in [0.717, 1.165) is 4.88 Å². The van der Waals surface area contributed by atoms with Crippen LogP contribution in [0.2, 0.25) is 0 Å². The number of carbonyl (C=O) groups is 2. The number of aromatic hydroxyl groups is 1. The lowest BCUT2D eigenvalue weighted by Gasteiger charge is -2.05. The number of benzene rings is 1. The van der Waals surface area contributed by atoms with Gasteiger partial charge in [-0.2, -0.15) is 5.26 Å². The molecule has 0 aliphatic heterocycles. The molecule has 0 atom stereocenters. The molecule has 0 unspecified atom stereocenters. The summed E-state index contributed by atoms with van der Waals surface area (Å²) in [7, 11) is 1.25. The number of phenols is 1. The SMILES string of the molecule is COC(=O)c1cc(C)sc1NC(=O)C(C#N)=Cc1cc(Br)ccc1O. The molecule has 0 radical (unpaired) electrons. The molecule has 0 saturated carbocycles. The number of nitriles is 1. The van der Waals surface area contributed by atoms with Crippen LogP contribution in [0.4, 0.5) is 5.00 Å². The second-order valence-electron chi connectivity index (χ2n) is 4.92. The van der Waals surface area contributed by atoms with Gasteiger partial charge in [-0.15, -0.1) is 11.3 Å². The second-order valence-corrected chi connectivity index (χ2v) is 7.09. The van der Waals surface area contributed by atoms with Crippen LogP contribution in [0.3, 0.4) is 0 Å². The highest BCUT2D eigenvalue weighted by molar-refractivity contribution is 9.10. The van der Waals surface area contributed by atoms with Gasteiger partial charge in [0.25, 0.3) is 5.91 Å². The largest absolute Gasteiger partial charge is 0.507 e. The van der Waals surface area contributed by atoms with E-state index < -0.39 is 11.9 Å². The Morgan fingerprint density at radius 2 is 2.12 bits per heavy atom. The van der Waals surface area contributed by atoms with E-state index >= 15 is 0 Å². The minimum absolute atomic E-state index is 0.0639. The zero-order valence-corrected chi connectivity index (χ0v) is 15.7. The molecule has 1 heterocycles. The molecule has 25 heavy (non-hydrogen) atoms. The third-order valence-electron chi connectivity index (χ3n) is 3.14. The van der Waals surface area contributed by atoms with Crippen molar-refractivity contribution in [3.8, 4) is 11.8 Å². The lowest BCUT2D eigenvalue weighted by molar-refractivity contribution is -0.112. The van der Waals surface area contributed by atoms with Crippen molar-refractivity contribution in [1.82, 2.24) is 0 Å². The molecular weight excluding hydrogens is 408 g/mol. The van der Waals surface area contributed by atoms with E-state index in [0.29, 0.717) is 15.0 Å². The number of halogens is 1. The number of phenolic OH excluding ortho intramolecular Hbond substituents is 1. The van der Waals surface area contributed by atoms with Crippen molar-refractivity contribution in [2.75, 3.05) is 12.4 Å². The maximum Gasteiger partial charge on any atom is 0.340 e. The summed E-state index contributed by atoms with van der Waals surface area (Å²) in [5.41, 5.74) is 0.327. The molecule has 0 saturated heterocycles. The Bertz CT molecular complexity index is 912. The number of nitrogens with one attached hydrogen (secondary N) is 1. The minimum atomic E-state index is -0.686. The third-order valence-corrected chi connectivity index (χ3v) is 4.60. The lowest BCUT2D eigenvalue weighted by atomic mass is 10.1. The summed E-state index contributed by atoms with van der Waals surface area (Å²) in [6.07, 6.45) is 1.27. The van der Waals surface area contributed by atoms with Crippen LogP contribution >= 0.6 is 27.3 Å². The van der Waals surface area contributed by atoms with Gasteiger partial charge in [0.05, 0.1) is 12.7 Å². The molecule has 0 aliphatic carbocycles. The first-order valence-electron chi connectivity index (χ1n) is 6.96. The van der Waals surface area contributed by atoms with Gasteiger partial charge in [-0.1, -0.05) is 15.9 Å². The maximum absolute atomic E-state index is 12.4. The highest BCUT2D eigenvalue weighted by Gasteiger charge is 2.19. The number of carbonyl (C=O) groups excluding carboxylic acids is 2. The van der Waals surface area contributed by atoms with Crippen molar-refractivity contribution < 1.29 is 19.4 Å². The van der Waals surface area contributed by atoms with Gasteiger partial charge in [0.2, 0.25) is 0 Å². The minimum Gasteiger partial charge on any atom is -0.507 e. The van der Waals surface area contributed by atoms with Crippen molar-refractivity contribution in [2.24, 2.45) is 0 Å². The van der Waals surface area contributed by atoms with Gasteiger partial charge in [0.15, 0.2) is 0 Å². The smallest absolute Gasteiger partial charge is 0.340 e. The Morgan fingerprint density at radius 1 is 1.40 bits per heavy atom. The van der Waals surface area contributed by atoms with E-state index in [-0.39, 0.29) is 16.9 Å². The molecule has 0 fully saturated rings. The van der Waals surface area contributed by atoms with Crippen LogP contribution in [0.15, 0.2) is 34.3 Å². The third kappa shape index (κ3) is 4.47. The monoisotopic (exact) mass is 420 g/mol. The van der Waals surface area contributed by atoms with Crippen molar-refractivity contribution in [2.45, 2.75) is 6.92 Å². The summed E-state index contributed by atoms with van der Waals surface area (Å²) in [5.74, 6) is -1.33. The van der Waals surface area contributed by atoms with Crippen LogP contribution in [0, 0.1) is 18.3 Å². The number of nitrogens with zero attached hydrogens (tertiary/aromatic N) is 1. The molecule has 0 aliphatic rings. The van der Waals surface area contributed by atoms with E-state index in [4.69, 9.17) is 0 Å². The van der Waals surface area contributed by atoms with Crippen molar-refractivity contribution in [3.63, 3.8) is 0 Å². The van der Waals surface area contributed by atoms with Crippen LogP contribution in [0.25, 0.3) is 6.08 Å². The Balaban J connectivity index is 2.33. The molecule has 8 heteroatoms. The van der Waals surface area contributed by atoms with Crippen molar-refractivity contribution in [3.05, 3.63) is 50.3 Å². The predicted molar refractivity (Wildman–Crippen MR) is 98.4 cm³/mol. The summed E-state index contributed by atoms with van der Waals surface area (Å²) in [6.45, 7) is 1.79. The van der Waals surface area contributed by atoms with E-state index in [1.807, 2.05) is 0 Å². The van der Waals surface area contributed by atoms with Crippen LogP contribution < -0.4 is 5.32 Å². The molecule has 1 aromatic heterocycles. The number of ether oxygens (including phenoxy) is 1. The number of hydrogen-bond acceptors (Lipinski definition) is 6. The maximum atomic E-state index is 12.4. The summed E-state index contributed by atoms with van der Waals surface area (Å²) >= 11 is 4.46. The van der Waals surface area contributed by atoms with E-state index in [2.05, 4.69) is 26.0 Å². The van der Waals surface area contributed by atoms with Crippen molar-refractivity contribution >= 4 is 50.2 Å². The fourth-order valence-electron chi connectivity index (χ4n) is 1.98. The standard InChI is InChI=1S/C17H13BrN2O4S/c1-9-5-13(17(23)24-2)16(25-9)20-15(22)11(8-19)6-10-7-12(18)3-4-14(10)21/h3-7,21H,1-2H3,(H,20,22). The normalized spacial score (nSPS) is 10.9. The Kier molecular flexibility index (Phi) is 5.96. The first-order valence-corrected chi connectivity index (χ1v) is 8.57. The quantitative estimate of drug-likeness (QED) is 0.444. The molecule has 6 nitrogen and oxygen atoms in total. The Morgan fingerprint density at radius 3 is 2.76 bits per heavy atom. The average molecular weight is 421 g/mol. The first-order chi connectivity index (χ1) is 11.8. The Labute approximate surface area is 156 Å². The van der Waals surface area contributed by atoms with Crippen LogP contribution in [0.5, 0.6) is 5.75 Å². The summed E-state index contributed by atoms with van der Waals surface area (Å²) in [5, 5.41) is 21.9. The second kappa shape index (κ2) is 7.96. The highest BCUT2D eigenvalue weighted by Crippen LogP contribution is 2.29. The summed E-state index contributed by atoms with van der Waals surface area (Å²) < 4.78 is 5.37. The number of hydrogen-bond donors (Lipinski definition) is 2. The average Bonchev–Trinajstić information content (AvgIpc) is 2.95. The molecule has 128 valence electrons. The van der Waals surface area contributed by atoms with Gasteiger partial charge in [-0.3, -0.25) is 4.79 Å². The van der Waals surface area contributed by atoms with E-state index in [1.54, 1.807) is 31.2 Å². The fraction of sp³-hybridized carbons (Fsp3) is 0.118. The molecule has 2 N–H and O–H groups in total. The van der Waals surface area contributed by atoms with Crippen LogP contribution in [-0.2, 0) is 9.53 Å². The Hall–Kier alpha value is -2.63. The molecule has 1 amide bonds. The molecule has 0 spiro atoms. The number of thiophene rings is 1. The molecule has 2 rings (SSSR count). The number of esters is 1. The number of anilines is 1. The zero-order valence-electron chi connectivity index (χ0n) is 13.3. The first kappa shape index (κ1) is 18.7. The summed E-state index contributed by atoms with van der Waals surface area (Å²) in [4.78, 5) is 24.9. The topological polar surface area (TPSA) is 99.4 Å².